The molecule has 3 heterocycles. The van der Waals surface area contributed by atoms with Crippen molar-refractivity contribution >= 4 is 21.8 Å². The van der Waals surface area contributed by atoms with Gasteiger partial charge in [-0.25, -0.2) is 9.67 Å². The van der Waals surface area contributed by atoms with Crippen molar-refractivity contribution in [1.82, 2.24) is 19.3 Å². The summed E-state index contributed by atoms with van der Waals surface area (Å²) in [6.45, 7) is 11.1. The molecule has 7 aromatic rings. The largest absolute Gasteiger partial charge is 0.457 e. The summed E-state index contributed by atoms with van der Waals surface area (Å²) in [5.41, 5.74) is 12.4. The van der Waals surface area contributed by atoms with Crippen molar-refractivity contribution < 1.29 is 4.74 Å². The first-order valence-electron chi connectivity index (χ1n) is 16.4. The minimum Gasteiger partial charge on any atom is -0.457 e. The van der Waals surface area contributed by atoms with Crippen molar-refractivity contribution in [2.75, 3.05) is 0 Å². The van der Waals surface area contributed by atoms with Crippen LogP contribution in [0.4, 0.5) is 0 Å². The summed E-state index contributed by atoms with van der Waals surface area (Å²) in [4.78, 5) is 4.72. The van der Waals surface area contributed by atoms with Gasteiger partial charge in [-0.2, -0.15) is 5.10 Å². The van der Waals surface area contributed by atoms with Crippen LogP contribution in [0.15, 0.2) is 104 Å². The van der Waals surface area contributed by atoms with Crippen molar-refractivity contribution in [2.24, 2.45) is 0 Å². The number of aromatic nitrogens is 4. The number of benzene rings is 4. The SMILES string of the molecule is CCCc1cc(CCC)c(C)c(-c2cnn(-c3cccc(Oc4ccc5c6ccccc6n(-c6cc(C)ccn6)c5c4)c3)c2)c1C. The molecule has 0 aliphatic heterocycles. The highest BCUT2D eigenvalue weighted by Gasteiger charge is 2.17. The van der Waals surface area contributed by atoms with E-state index >= 15 is 0 Å². The van der Waals surface area contributed by atoms with Gasteiger partial charge in [0.05, 0.1) is 22.9 Å². The number of rotatable bonds is 9. The first-order chi connectivity index (χ1) is 22.4. The van der Waals surface area contributed by atoms with Crippen LogP contribution in [0.25, 0.3) is 44.4 Å². The molecule has 0 spiro atoms. The highest BCUT2D eigenvalue weighted by Crippen LogP contribution is 2.36. The lowest BCUT2D eigenvalue weighted by molar-refractivity contribution is 0.483. The fraction of sp³-hybridized carbons (Fsp3) is 0.220. The van der Waals surface area contributed by atoms with Crippen LogP contribution in [-0.4, -0.2) is 19.3 Å². The second kappa shape index (κ2) is 12.3. The Hall–Kier alpha value is -5.16. The molecule has 0 N–H and O–H groups in total. The summed E-state index contributed by atoms with van der Waals surface area (Å²) >= 11 is 0. The summed E-state index contributed by atoms with van der Waals surface area (Å²) in [5, 5.41) is 7.17. The second-order valence-electron chi connectivity index (χ2n) is 12.3. The van der Waals surface area contributed by atoms with Gasteiger partial charge < -0.3 is 4.74 Å². The van der Waals surface area contributed by atoms with Crippen LogP contribution in [-0.2, 0) is 12.8 Å². The summed E-state index contributed by atoms with van der Waals surface area (Å²) in [6, 6.07) is 29.5. The Morgan fingerprint density at radius 2 is 1.43 bits per heavy atom. The van der Waals surface area contributed by atoms with Crippen molar-refractivity contribution in [3.63, 3.8) is 0 Å². The number of fused-ring (bicyclic) bond motifs is 3. The third-order valence-electron chi connectivity index (χ3n) is 9.06. The Morgan fingerprint density at radius 3 is 2.20 bits per heavy atom. The molecule has 5 heteroatoms. The van der Waals surface area contributed by atoms with Gasteiger partial charge >= 0.3 is 0 Å². The minimum atomic E-state index is 0.757. The zero-order chi connectivity index (χ0) is 31.8. The normalized spacial score (nSPS) is 11.5. The molecular formula is C41H40N4O. The lowest BCUT2D eigenvalue weighted by Crippen LogP contribution is -2.01. The van der Waals surface area contributed by atoms with Crippen molar-refractivity contribution in [3.8, 4) is 34.1 Å². The quantitative estimate of drug-likeness (QED) is 0.165. The summed E-state index contributed by atoms with van der Waals surface area (Å²) in [7, 11) is 0. The Balaban J connectivity index is 1.23. The van der Waals surface area contributed by atoms with Gasteiger partial charge in [0.2, 0.25) is 0 Å². The molecule has 0 unspecified atom stereocenters. The maximum Gasteiger partial charge on any atom is 0.137 e. The van der Waals surface area contributed by atoms with E-state index in [9.17, 15) is 0 Å². The fourth-order valence-corrected chi connectivity index (χ4v) is 6.84. The van der Waals surface area contributed by atoms with Crippen molar-refractivity contribution in [3.05, 3.63) is 131 Å². The molecule has 0 aliphatic carbocycles. The summed E-state index contributed by atoms with van der Waals surface area (Å²) in [5.74, 6) is 2.42. The lowest BCUT2D eigenvalue weighted by atomic mass is 9.87. The highest BCUT2D eigenvalue weighted by atomic mass is 16.5. The topological polar surface area (TPSA) is 44.9 Å². The Kier molecular flexibility index (Phi) is 7.91. The molecule has 0 atom stereocenters. The average molecular weight is 605 g/mol. The second-order valence-corrected chi connectivity index (χ2v) is 12.3. The predicted octanol–water partition coefficient (Wildman–Crippen LogP) is 10.7. The van der Waals surface area contributed by atoms with Gasteiger partial charge in [-0.1, -0.05) is 57.0 Å². The number of pyridine rings is 1. The van der Waals surface area contributed by atoms with Gasteiger partial charge in [0, 0.05) is 40.9 Å². The van der Waals surface area contributed by atoms with E-state index in [1.54, 1.807) is 0 Å². The molecule has 0 saturated heterocycles. The maximum atomic E-state index is 6.50. The van der Waals surface area contributed by atoms with Crippen molar-refractivity contribution in [2.45, 2.75) is 60.3 Å². The lowest BCUT2D eigenvalue weighted by Gasteiger charge is -2.17. The van der Waals surface area contributed by atoms with Crippen LogP contribution in [0, 0.1) is 20.8 Å². The molecule has 4 aromatic carbocycles. The van der Waals surface area contributed by atoms with Crippen LogP contribution in [0.3, 0.4) is 0 Å². The van der Waals surface area contributed by atoms with E-state index in [0.717, 1.165) is 65.3 Å². The van der Waals surface area contributed by atoms with Gasteiger partial charge in [0.1, 0.15) is 17.3 Å². The molecule has 0 radical (unpaired) electrons. The van der Waals surface area contributed by atoms with Crippen LogP contribution in [0.1, 0.15) is 54.5 Å². The van der Waals surface area contributed by atoms with Crippen LogP contribution >= 0.6 is 0 Å². The molecule has 5 nitrogen and oxygen atoms in total. The average Bonchev–Trinajstić information content (AvgIpc) is 3.67. The smallest absolute Gasteiger partial charge is 0.137 e. The zero-order valence-corrected chi connectivity index (χ0v) is 27.3. The van der Waals surface area contributed by atoms with Gasteiger partial charge in [0.15, 0.2) is 0 Å². The van der Waals surface area contributed by atoms with Crippen LogP contribution < -0.4 is 4.74 Å². The molecule has 230 valence electrons. The summed E-state index contributed by atoms with van der Waals surface area (Å²) < 4.78 is 10.7. The Morgan fingerprint density at radius 1 is 0.696 bits per heavy atom. The van der Waals surface area contributed by atoms with Crippen molar-refractivity contribution in [1.29, 1.82) is 0 Å². The molecular weight excluding hydrogens is 564 g/mol. The molecule has 0 fully saturated rings. The van der Waals surface area contributed by atoms with E-state index in [4.69, 9.17) is 14.8 Å². The molecule has 0 amide bonds. The number of aryl methyl sites for hydroxylation is 3. The Labute approximate surface area is 271 Å². The van der Waals surface area contributed by atoms with E-state index in [2.05, 4.69) is 100.0 Å². The number of ether oxygens (including phenoxy) is 1. The van der Waals surface area contributed by atoms with Gasteiger partial charge in [-0.15, -0.1) is 0 Å². The molecule has 0 bridgehead atoms. The number of hydrogen-bond donors (Lipinski definition) is 0. The number of nitrogens with zero attached hydrogens (tertiary/aromatic N) is 4. The monoisotopic (exact) mass is 604 g/mol. The van der Waals surface area contributed by atoms with E-state index in [-0.39, 0.29) is 0 Å². The number of para-hydroxylation sites is 1. The van der Waals surface area contributed by atoms with Gasteiger partial charge in [-0.3, -0.25) is 4.57 Å². The first kappa shape index (κ1) is 29.5. The molecule has 0 saturated carbocycles. The standard InChI is InChI=1S/C41H40N4O/c1-6-11-30-22-31(12-7-2)29(5)41(28(30)4)32-25-43-44(26-32)33-13-10-14-34(23-33)46-35-17-18-37-36-15-8-9-16-38(36)45(39(37)24-35)40-21-27(3)19-20-42-40/h8-10,13-26H,6-7,11-12H2,1-5H3. The van der Waals surface area contributed by atoms with Crippen LogP contribution in [0.2, 0.25) is 0 Å². The molecule has 3 aromatic heterocycles. The van der Waals surface area contributed by atoms with E-state index in [0.29, 0.717) is 0 Å². The van der Waals surface area contributed by atoms with Crippen LogP contribution in [0.5, 0.6) is 11.5 Å². The fourth-order valence-electron chi connectivity index (χ4n) is 6.84. The number of hydrogen-bond acceptors (Lipinski definition) is 3. The molecule has 7 rings (SSSR count). The van der Waals surface area contributed by atoms with E-state index < -0.39 is 0 Å². The van der Waals surface area contributed by atoms with Gasteiger partial charge in [-0.05, 0) is 109 Å². The third-order valence-corrected chi connectivity index (χ3v) is 9.06. The van der Waals surface area contributed by atoms with E-state index in [1.807, 2.05) is 47.4 Å². The molecule has 0 aliphatic rings. The third kappa shape index (κ3) is 5.36. The minimum absolute atomic E-state index is 0.757. The van der Waals surface area contributed by atoms with Gasteiger partial charge in [0.25, 0.3) is 0 Å². The molecule has 46 heavy (non-hydrogen) atoms. The summed E-state index contributed by atoms with van der Waals surface area (Å²) in [6.07, 6.45) is 10.5. The first-order valence-corrected chi connectivity index (χ1v) is 16.4. The zero-order valence-electron chi connectivity index (χ0n) is 27.3. The van der Waals surface area contributed by atoms with E-state index in [1.165, 1.54) is 44.2 Å². The predicted molar refractivity (Wildman–Crippen MR) is 190 cm³/mol. The highest BCUT2D eigenvalue weighted by molar-refractivity contribution is 6.09. The maximum absolute atomic E-state index is 6.50. The Bertz CT molecular complexity index is 2170.